The molecule has 1 aromatic rings. The van der Waals surface area contributed by atoms with Crippen LogP contribution in [0.4, 0.5) is 5.88 Å². The van der Waals surface area contributed by atoms with Crippen molar-refractivity contribution in [3.05, 3.63) is 17.9 Å². The molecule has 82 valence electrons. The zero-order chi connectivity index (χ0) is 10.9. The lowest BCUT2D eigenvalue weighted by molar-refractivity contribution is 0.0663. The van der Waals surface area contributed by atoms with Crippen molar-refractivity contribution in [3.8, 4) is 0 Å². The predicted molar refractivity (Wildman–Crippen MR) is 59.6 cm³/mol. The van der Waals surface area contributed by atoms with Gasteiger partial charge in [0.25, 0.3) is 0 Å². The Labute approximate surface area is 92.0 Å². The van der Waals surface area contributed by atoms with Crippen LogP contribution in [0.15, 0.2) is 16.5 Å². The van der Waals surface area contributed by atoms with Crippen molar-refractivity contribution in [2.45, 2.75) is 17.6 Å². The van der Waals surface area contributed by atoms with E-state index in [0.717, 1.165) is 6.54 Å². The monoisotopic (exact) mass is 227 g/mol. The Hall–Kier alpha value is -1.10. The molecule has 15 heavy (non-hydrogen) atoms. The van der Waals surface area contributed by atoms with E-state index in [4.69, 9.17) is 9.52 Å². The van der Waals surface area contributed by atoms with Crippen LogP contribution in [-0.2, 0) is 0 Å². The van der Waals surface area contributed by atoms with E-state index in [2.05, 4.69) is 11.6 Å². The van der Waals surface area contributed by atoms with Crippen LogP contribution in [0.1, 0.15) is 23.4 Å². The normalized spacial score (nSPS) is 17.4. The van der Waals surface area contributed by atoms with Crippen LogP contribution in [0, 0.1) is 0 Å². The average molecular weight is 227 g/mol. The molecule has 2 N–H and O–H groups in total. The Morgan fingerprint density at radius 2 is 2.40 bits per heavy atom. The topological polar surface area (TPSA) is 62.5 Å². The molecule has 0 unspecified atom stereocenters. The molecule has 0 aromatic carbocycles. The first-order valence-corrected chi connectivity index (χ1v) is 6.00. The van der Waals surface area contributed by atoms with E-state index in [1.165, 1.54) is 18.9 Å². The van der Waals surface area contributed by atoms with E-state index in [0.29, 0.717) is 10.6 Å². The van der Waals surface area contributed by atoms with Gasteiger partial charge in [0.05, 0.1) is 0 Å². The standard InChI is InChI=1S/C10H13NO3S/c1-15-10(4-5-10)6-11-8-3-2-7(14-8)9(12)13/h2-3,11H,4-6H2,1H3,(H,12,13). The van der Waals surface area contributed by atoms with E-state index in [1.54, 1.807) is 6.07 Å². The summed E-state index contributed by atoms with van der Waals surface area (Å²) in [6, 6.07) is 3.11. The van der Waals surface area contributed by atoms with Gasteiger partial charge in [0.15, 0.2) is 5.88 Å². The van der Waals surface area contributed by atoms with Crippen LogP contribution in [0.2, 0.25) is 0 Å². The fourth-order valence-electron chi connectivity index (χ4n) is 1.39. The van der Waals surface area contributed by atoms with Crippen LogP contribution >= 0.6 is 11.8 Å². The van der Waals surface area contributed by atoms with Crippen LogP contribution in [0.3, 0.4) is 0 Å². The number of carboxylic acid groups (broad SMARTS) is 1. The third kappa shape index (κ3) is 2.28. The summed E-state index contributed by atoms with van der Waals surface area (Å²) in [7, 11) is 0. The number of hydrogen-bond acceptors (Lipinski definition) is 4. The first kappa shape index (κ1) is 10.4. The molecule has 0 radical (unpaired) electrons. The van der Waals surface area contributed by atoms with Crippen molar-refractivity contribution in [3.63, 3.8) is 0 Å². The van der Waals surface area contributed by atoms with Crippen molar-refractivity contribution in [2.24, 2.45) is 0 Å². The second-order valence-electron chi connectivity index (χ2n) is 3.71. The summed E-state index contributed by atoms with van der Waals surface area (Å²) in [5.41, 5.74) is 0. The minimum atomic E-state index is -1.03. The second kappa shape index (κ2) is 3.81. The quantitative estimate of drug-likeness (QED) is 0.808. The summed E-state index contributed by atoms with van der Waals surface area (Å²) in [4.78, 5) is 10.6. The molecule has 1 aliphatic rings. The summed E-state index contributed by atoms with van der Waals surface area (Å²) >= 11 is 1.85. The summed E-state index contributed by atoms with van der Waals surface area (Å²) in [6.07, 6.45) is 4.53. The molecule has 1 saturated carbocycles. The maximum absolute atomic E-state index is 10.6. The van der Waals surface area contributed by atoms with Crippen molar-refractivity contribution in [2.75, 3.05) is 18.1 Å². The highest BCUT2D eigenvalue weighted by atomic mass is 32.2. The van der Waals surface area contributed by atoms with Gasteiger partial charge in [-0.25, -0.2) is 4.79 Å². The lowest BCUT2D eigenvalue weighted by atomic mass is 10.4. The van der Waals surface area contributed by atoms with Crippen molar-refractivity contribution in [1.82, 2.24) is 0 Å². The summed E-state index contributed by atoms with van der Waals surface area (Å²) in [5, 5.41) is 11.8. The van der Waals surface area contributed by atoms with Gasteiger partial charge in [0.2, 0.25) is 5.76 Å². The third-order valence-corrected chi connectivity index (χ3v) is 4.06. The second-order valence-corrected chi connectivity index (χ2v) is 4.98. The highest BCUT2D eigenvalue weighted by Crippen LogP contribution is 2.47. The highest BCUT2D eigenvalue weighted by Gasteiger charge is 2.41. The maximum atomic E-state index is 10.6. The maximum Gasteiger partial charge on any atom is 0.371 e. The largest absolute Gasteiger partial charge is 0.475 e. The molecule has 2 rings (SSSR count). The minimum Gasteiger partial charge on any atom is -0.475 e. The lowest BCUT2D eigenvalue weighted by Gasteiger charge is -2.11. The first-order valence-electron chi connectivity index (χ1n) is 4.77. The van der Waals surface area contributed by atoms with Crippen LogP contribution in [0.25, 0.3) is 0 Å². The van der Waals surface area contributed by atoms with Crippen LogP contribution in [-0.4, -0.2) is 28.6 Å². The number of furan rings is 1. The number of carbonyl (C=O) groups is 1. The van der Waals surface area contributed by atoms with Gasteiger partial charge < -0.3 is 14.8 Å². The number of aromatic carboxylic acids is 1. The Morgan fingerprint density at radius 1 is 1.67 bits per heavy atom. The number of rotatable bonds is 5. The van der Waals surface area contributed by atoms with E-state index < -0.39 is 5.97 Å². The summed E-state index contributed by atoms with van der Waals surface area (Å²) in [6.45, 7) is 0.834. The fraction of sp³-hybridized carbons (Fsp3) is 0.500. The van der Waals surface area contributed by atoms with Gasteiger partial charge in [-0.05, 0) is 25.2 Å². The number of anilines is 1. The number of hydrogen-bond donors (Lipinski definition) is 2. The van der Waals surface area contributed by atoms with E-state index in [9.17, 15) is 4.79 Å². The average Bonchev–Trinajstić information content (AvgIpc) is 2.85. The van der Waals surface area contributed by atoms with Crippen LogP contribution < -0.4 is 5.32 Å². The van der Waals surface area contributed by atoms with Crippen LogP contribution in [0.5, 0.6) is 0 Å². The molecular weight excluding hydrogens is 214 g/mol. The van der Waals surface area contributed by atoms with Gasteiger partial charge in [-0.2, -0.15) is 11.8 Å². The van der Waals surface area contributed by atoms with Crippen molar-refractivity contribution < 1.29 is 14.3 Å². The fourth-order valence-corrected chi connectivity index (χ4v) is 2.12. The summed E-state index contributed by atoms with van der Waals surface area (Å²) in [5.74, 6) is -0.520. The molecule has 0 spiro atoms. The zero-order valence-electron chi connectivity index (χ0n) is 8.45. The van der Waals surface area contributed by atoms with E-state index >= 15 is 0 Å². The van der Waals surface area contributed by atoms with Gasteiger partial charge in [-0.15, -0.1) is 0 Å². The van der Waals surface area contributed by atoms with Gasteiger partial charge in [-0.3, -0.25) is 0 Å². The minimum absolute atomic E-state index is 0.0218. The molecule has 5 heteroatoms. The van der Waals surface area contributed by atoms with E-state index in [-0.39, 0.29) is 5.76 Å². The molecule has 0 atom stereocenters. The molecule has 1 fully saturated rings. The Bertz CT molecular complexity index is 370. The van der Waals surface area contributed by atoms with Crippen molar-refractivity contribution >= 4 is 23.6 Å². The number of carboxylic acids is 1. The smallest absolute Gasteiger partial charge is 0.371 e. The molecule has 1 aliphatic carbocycles. The van der Waals surface area contributed by atoms with Gasteiger partial charge in [0.1, 0.15) is 0 Å². The molecule has 0 bridgehead atoms. The molecule has 4 nitrogen and oxygen atoms in total. The molecule has 0 amide bonds. The highest BCUT2D eigenvalue weighted by molar-refractivity contribution is 8.00. The first-order chi connectivity index (χ1) is 7.15. The van der Waals surface area contributed by atoms with E-state index in [1.807, 2.05) is 11.8 Å². The SMILES string of the molecule is CSC1(CNc2ccc(C(=O)O)o2)CC1. The number of nitrogens with one attached hydrogen (secondary N) is 1. The van der Waals surface area contributed by atoms with Gasteiger partial charge >= 0.3 is 5.97 Å². The predicted octanol–water partition coefficient (Wildman–Crippen LogP) is 2.29. The van der Waals surface area contributed by atoms with Gasteiger partial charge in [0, 0.05) is 17.4 Å². The molecule has 1 aromatic heterocycles. The Kier molecular flexibility index (Phi) is 2.65. The summed E-state index contributed by atoms with van der Waals surface area (Å²) < 4.78 is 5.44. The molecule has 0 saturated heterocycles. The molecule has 0 aliphatic heterocycles. The lowest BCUT2D eigenvalue weighted by Crippen LogP contribution is -2.16. The Morgan fingerprint density at radius 3 is 2.87 bits per heavy atom. The Balaban J connectivity index is 1.91. The zero-order valence-corrected chi connectivity index (χ0v) is 9.26. The molecule has 1 heterocycles. The molecular formula is C10H13NO3S. The van der Waals surface area contributed by atoms with Gasteiger partial charge in [-0.1, -0.05) is 0 Å². The third-order valence-electron chi connectivity index (χ3n) is 2.64. The number of thioether (sulfide) groups is 1. The van der Waals surface area contributed by atoms with Crippen molar-refractivity contribution in [1.29, 1.82) is 0 Å².